The number of fused-ring (bicyclic) bond motifs is 1. The Balaban J connectivity index is 1.74. The lowest BCUT2D eigenvalue weighted by Crippen LogP contribution is -2.51. The number of nitrogens with zero attached hydrogens (tertiary/aromatic N) is 2. The van der Waals surface area contributed by atoms with Gasteiger partial charge in [0.05, 0.1) is 21.8 Å². The van der Waals surface area contributed by atoms with Gasteiger partial charge < -0.3 is 19.5 Å². The van der Waals surface area contributed by atoms with E-state index in [9.17, 15) is 22.4 Å². The van der Waals surface area contributed by atoms with Crippen molar-refractivity contribution in [3.05, 3.63) is 28.0 Å². The second-order valence-electron chi connectivity index (χ2n) is 8.39. The zero-order valence-electron chi connectivity index (χ0n) is 16.9. The fourth-order valence-corrected chi connectivity index (χ4v) is 4.22. The summed E-state index contributed by atoms with van der Waals surface area (Å²) in [6.45, 7) is 4.39. The third kappa shape index (κ3) is 5.50. The maximum Gasteiger partial charge on any atom is 0.410 e. The highest BCUT2D eigenvalue weighted by atomic mass is 127. The van der Waals surface area contributed by atoms with Crippen molar-refractivity contribution in [2.75, 3.05) is 18.4 Å². The standard InChI is InChI=1S/C20H24F4IN3O2/c1-19(2,3)30-18(29)27-8-7-15(13(21)10-27)26-14-5-4-6-16-12(14)9-17(25)28(16)11-20(22,23)24/h4-6,9,13,15,26H,7-8,10-11H2,1-3H3. The highest BCUT2D eigenvalue weighted by Crippen LogP contribution is 2.32. The molecule has 1 fully saturated rings. The van der Waals surface area contributed by atoms with Gasteiger partial charge in [-0.1, -0.05) is 6.07 Å². The van der Waals surface area contributed by atoms with E-state index in [0.717, 1.165) is 0 Å². The number of aromatic nitrogens is 1. The van der Waals surface area contributed by atoms with Crippen molar-refractivity contribution in [2.45, 2.75) is 57.7 Å². The molecule has 2 aromatic rings. The maximum atomic E-state index is 14.8. The van der Waals surface area contributed by atoms with Crippen LogP contribution >= 0.6 is 22.6 Å². The summed E-state index contributed by atoms with van der Waals surface area (Å²) in [6, 6.07) is 6.09. The van der Waals surface area contributed by atoms with Crippen LogP contribution < -0.4 is 5.32 Å². The van der Waals surface area contributed by atoms with Gasteiger partial charge in [0.15, 0.2) is 0 Å². The predicted molar refractivity (Wildman–Crippen MR) is 115 cm³/mol. The number of carbonyl (C=O) groups excluding carboxylic acids is 1. The van der Waals surface area contributed by atoms with Crippen LogP contribution in [-0.4, -0.2) is 52.6 Å². The zero-order chi connectivity index (χ0) is 22.3. The summed E-state index contributed by atoms with van der Waals surface area (Å²) >= 11 is 1.87. The van der Waals surface area contributed by atoms with Crippen LogP contribution in [0.2, 0.25) is 0 Å². The molecule has 10 heteroatoms. The quantitative estimate of drug-likeness (QED) is 0.409. The lowest BCUT2D eigenvalue weighted by atomic mass is 10.0. The van der Waals surface area contributed by atoms with Gasteiger partial charge in [-0.25, -0.2) is 9.18 Å². The number of amides is 1. The molecule has 1 amide bonds. The summed E-state index contributed by atoms with van der Waals surface area (Å²) in [7, 11) is 0. The van der Waals surface area contributed by atoms with Crippen LogP contribution in [0, 0.1) is 3.70 Å². The first kappa shape index (κ1) is 23.0. The molecular weight excluding hydrogens is 517 g/mol. The SMILES string of the molecule is CC(C)(C)OC(=O)N1CCC(Nc2cccc3c2cc(I)n3CC(F)(F)F)C(F)C1. The van der Waals surface area contributed by atoms with E-state index < -0.39 is 36.6 Å². The summed E-state index contributed by atoms with van der Waals surface area (Å²) in [5.41, 5.74) is 0.349. The molecule has 1 aliphatic heterocycles. The smallest absolute Gasteiger partial charge is 0.410 e. The molecule has 1 aliphatic rings. The lowest BCUT2D eigenvalue weighted by Gasteiger charge is -2.36. The third-order valence-corrected chi connectivity index (χ3v) is 5.66. The van der Waals surface area contributed by atoms with Gasteiger partial charge in [0.1, 0.15) is 18.3 Å². The van der Waals surface area contributed by atoms with Crippen LogP contribution in [0.1, 0.15) is 27.2 Å². The summed E-state index contributed by atoms with van der Waals surface area (Å²) in [5, 5.41) is 3.74. The fraction of sp³-hybridized carbons (Fsp3) is 0.550. The van der Waals surface area contributed by atoms with Gasteiger partial charge >= 0.3 is 12.3 Å². The summed E-state index contributed by atoms with van der Waals surface area (Å²) in [4.78, 5) is 13.5. The number of nitrogens with one attached hydrogen (secondary N) is 1. The van der Waals surface area contributed by atoms with Crippen LogP contribution in [0.25, 0.3) is 10.9 Å². The first-order valence-electron chi connectivity index (χ1n) is 9.57. The Labute approximate surface area is 185 Å². The Bertz CT molecular complexity index is 923. The molecule has 2 heterocycles. The van der Waals surface area contributed by atoms with Gasteiger partial charge in [-0.2, -0.15) is 13.2 Å². The van der Waals surface area contributed by atoms with E-state index in [4.69, 9.17) is 4.74 Å². The summed E-state index contributed by atoms with van der Waals surface area (Å²) < 4.78 is 60.5. The van der Waals surface area contributed by atoms with Gasteiger partial charge in [0, 0.05) is 17.6 Å². The Morgan fingerprint density at radius 1 is 1.30 bits per heavy atom. The van der Waals surface area contributed by atoms with Crippen molar-refractivity contribution in [1.82, 2.24) is 9.47 Å². The third-order valence-electron chi connectivity index (χ3n) is 4.77. The lowest BCUT2D eigenvalue weighted by molar-refractivity contribution is -0.140. The number of hydrogen-bond acceptors (Lipinski definition) is 3. The zero-order valence-corrected chi connectivity index (χ0v) is 19.1. The monoisotopic (exact) mass is 541 g/mol. The van der Waals surface area contributed by atoms with Crippen molar-refractivity contribution >= 4 is 45.3 Å². The van der Waals surface area contributed by atoms with Crippen LogP contribution in [0.15, 0.2) is 24.3 Å². The maximum absolute atomic E-state index is 14.8. The van der Waals surface area contributed by atoms with Crippen molar-refractivity contribution in [3.63, 3.8) is 0 Å². The topological polar surface area (TPSA) is 46.5 Å². The molecule has 1 aromatic carbocycles. The number of carbonyl (C=O) groups is 1. The van der Waals surface area contributed by atoms with E-state index in [1.54, 1.807) is 45.0 Å². The molecule has 166 valence electrons. The minimum absolute atomic E-state index is 0.102. The average molecular weight is 541 g/mol. The minimum Gasteiger partial charge on any atom is -0.444 e. The number of piperidine rings is 1. The molecule has 2 atom stereocenters. The van der Waals surface area contributed by atoms with E-state index in [2.05, 4.69) is 5.32 Å². The highest BCUT2D eigenvalue weighted by Gasteiger charge is 2.34. The Morgan fingerprint density at radius 3 is 2.60 bits per heavy atom. The molecule has 1 saturated heterocycles. The van der Waals surface area contributed by atoms with Crippen LogP contribution in [0.5, 0.6) is 0 Å². The highest BCUT2D eigenvalue weighted by molar-refractivity contribution is 14.1. The number of rotatable bonds is 3. The molecule has 2 unspecified atom stereocenters. The molecule has 0 aliphatic carbocycles. The number of benzene rings is 1. The van der Waals surface area contributed by atoms with E-state index >= 15 is 0 Å². The van der Waals surface area contributed by atoms with Gasteiger partial charge in [-0.3, -0.25) is 0 Å². The largest absolute Gasteiger partial charge is 0.444 e. The van der Waals surface area contributed by atoms with Crippen LogP contribution in [0.4, 0.5) is 28.0 Å². The number of alkyl halides is 4. The molecular formula is C20H24F4IN3O2. The number of halogens is 5. The Hall–Kier alpha value is -1.72. The average Bonchev–Trinajstić information content (AvgIpc) is 2.90. The Morgan fingerprint density at radius 2 is 2.00 bits per heavy atom. The van der Waals surface area contributed by atoms with Crippen molar-refractivity contribution in [2.24, 2.45) is 0 Å². The summed E-state index contributed by atoms with van der Waals surface area (Å²) in [6.07, 6.45) is -5.87. The molecule has 0 spiro atoms. The molecule has 3 rings (SSSR count). The number of hydrogen-bond donors (Lipinski definition) is 1. The van der Waals surface area contributed by atoms with Crippen molar-refractivity contribution in [1.29, 1.82) is 0 Å². The van der Waals surface area contributed by atoms with Crippen molar-refractivity contribution in [3.8, 4) is 0 Å². The van der Waals surface area contributed by atoms with E-state index in [1.807, 2.05) is 22.6 Å². The first-order chi connectivity index (χ1) is 13.8. The number of anilines is 1. The van der Waals surface area contributed by atoms with Gasteiger partial charge in [-0.15, -0.1) is 0 Å². The number of likely N-dealkylation sites (tertiary alicyclic amines) is 1. The molecule has 0 radical (unpaired) electrons. The molecule has 1 aromatic heterocycles. The number of ether oxygens (including phenoxy) is 1. The van der Waals surface area contributed by atoms with Crippen LogP contribution in [-0.2, 0) is 11.3 Å². The molecule has 0 bridgehead atoms. The van der Waals surface area contributed by atoms with Gasteiger partial charge in [-0.05, 0) is 68.0 Å². The van der Waals surface area contributed by atoms with Gasteiger partial charge in [0.2, 0.25) is 0 Å². The van der Waals surface area contributed by atoms with Gasteiger partial charge in [0.25, 0.3) is 0 Å². The van der Waals surface area contributed by atoms with Crippen LogP contribution in [0.3, 0.4) is 0 Å². The van der Waals surface area contributed by atoms with Crippen molar-refractivity contribution < 1.29 is 27.1 Å². The van der Waals surface area contributed by atoms with E-state index in [-0.39, 0.29) is 6.54 Å². The second kappa shape index (κ2) is 8.43. The minimum atomic E-state index is -4.34. The molecule has 30 heavy (non-hydrogen) atoms. The van der Waals surface area contributed by atoms with E-state index in [0.29, 0.717) is 33.3 Å². The second-order valence-corrected chi connectivity index (χ2v) is 9.49. The first-order valence-corrected chi connectivity index (χ1v) is 10.6. The predicted octanol–water partition coefficient (Wildman–Crippen LogP) is 5.57. The van der Waals surface area contributed by atoms with E-state index in [1.165, 1.54) is 9.47 Å². The molecule has 1 N–H and O–H groups in total. The molecule has 5 nitrogen and oxygen atoms in total. The Kier molecular flexibility index (Phi) is 6.45. The fourth-order valence-electron chi connectivity index (χ4n) is 3.48. The normalized spacial score (nSPS) is 20.5. The summed E-state index contributed by atoms with van der Waals surface area (Å²) in [5.74, 6) is 0. The molecule has 0 saturated carbocycles.